The highest BCUT2D eigenvalue weighted by Crippen LogP contribution is 2.27. The van der Waals surface area contributed by atoms with Gasteiger partial charge in [0.1, 0.15) is 0 Å². The Morgan fingerprint density at radius 2 is 2.36 bits per heavy atom. The summed E-state index contributed by atoms with van der Waals surface area (Å²) in [6.07, 6.45) is 1.26. The maximum Gasteiger partial charge on any atom is 0.249 e. The van der Waals surface area contributed by atoms with Crippen molar-refractivity contribution in [1.29, 1.82) is 0 Å². The molecule has 1 aromatic carbocycles. The van der Waals surface area contributed by atoms with Crippen molar-refractivity contribution in [3.8, 4) is 11.5 Å². The van der Waals surface area contributed by atoms with Crippen LogP contribution < -0.4 is 15.6 Å². The van der Waals surface area contributed by atoms with Crippen molar-refractivity contribution in [2.45, 2.75) is 13.3 Å². The van der Waals surface area contributed by atoms with Crippen LogP contribution >= 0.6 is 0 Å². The second-order valence-electron chi connectivity index (χ2n) is 4.68. The zero-order chi connectivity index (χ0) is 16.1. The van der Waals surface area contributed by atoms with E-state index in [9.17, 15) is 14.7 Å². The van der Waals surface area contributed by atoms with Crippen molar-refractivity contribution >= 4 is 23.7 Å². The molecule has 0 saturated carbocycles. The van der Waals surface area contributed by atoms with E-state index < -0.39 is 11.8 Å². The van der Waals surface area contributed by atoms with Crippen molar-refractivity contribution in [2.24, 2.45) is 16.1 Å². The summed E-state index contributed by atoms with van der Waals surface area (Å²) in [5.41, 5.74) is 5.58. The van der Waals surface area contributed by atoms with Crippen LogP contribution in [0.15, 0.2) is 28.4 Å². The minimum absolute atomic E-state index is 0.0391. The van der Waals surface area contributed by atoms with Gasteiger partial charge in [0.2, 0.25) is 11.8 Å². The number of carbonyl (C=O) groups excluding carboxylic acids is 2. The van der Waals surface area contributed by atoms with Crippen LogP contribution in [0.2, 0.25) is 0 Å². The maximum atomic E-state index is 11.7. The normalized spacial score (nSPS) is 17.3. The second-order valence-corrected chi connectivity index (χ2v) is 4.68. The summed E-state index contributed by atoms with van der Waals surface area (Å²) in [5.74, 6) is -1.05. The molecule has 22 heavy (non-hydrogen) atoms. The van der Waals surface area contributed by atoms with E-state index in [-0.39, 0.29) is 18.1 Å². The van der Waals surface area contributed by atoms with Gasteiger partial charge in [-0.15, -0.1) is 0 Å². The zero-order valence-electron chi connectivity index (χ0n) is 12.2. The Bertz CT molecular complexity index is 654. The van der Waals surface area contributed by atoms with Crippen molar-refractivity contribution in [1.82, 2.24) is 10.9 Å². The number of aromatic hydroxyl groups is 1. The molecule has 0 aliphatic carbocycles. The Morgan fingerprint density at radius 1 is 1.59 bits per heavy atom. The van der Waals surface area contributed by atoms with Crippen molar-refractivity contribution in [3.05, 3.63) is 23.8 Å². The average Bonchev–Trinajstić information content (AvgIpc) is 2.81. The number of benzene rings is 1. The van der Waals surface area contributed by atoms with Crippen molar-refractivity contribution in [3.63, 3.8) is 0 Å². The Labute approximate surface area is 126 Å². The molecule has 116 valence electrons. The van der Waals surface area contributed by atoms with E-state index >= 15 is 0 Å². The minimum Gasteiger partial charge on any atom is -0.504 e. The summed E-state index contributed by atoms with van der Waals surface area (Å²) >= 11 is 0. The van der Waals surface area contributed by atoms with Gasteiger partial charge in [-0.3, -0.25) is 9.59 Å². The number of hydrogen-bond donors (Lipinski definition) is 3. The molecule has 1 aromatic rings. The lowest BCUT2D eigenvalue weighted by molar-refractivity contribution is -0.127. The van der Waals surface area contributed by atoms with Crippen LogP contribution in [0.1, 0.15) is 18.9 Å². The van der Waals surface area contributed by atoms with Gasteiger partial charge in [0, 0.05) is 17.7 Å². The molecule has 1 atom stereocenters. The topological polar surface area (TPSA) is 112 Å². The molecule has 1 aliphatic heterocycles. The Morgan fingerprint density at radius 3 is 3.00 bits per heavy atom. The molecule has 2 amide bonds. The van der Waals surface area contributed by atoms with Gasteiger partial charge in [0.05, 0.1) is 19.2 Å². The van der Waals surface area contributed by atoms with Crippen LogP contribution in [0.4, 0.5) is 0 Å². The number of para-hydroxylation sites is 1. The van der Waals surface area contributed by atoms with Crippen LogP contribution in [-0.4, -0.2) is 36.0 Å². The third-order valence-electron chi connectivity index (χ3n) is 3.20. The van der Waals surface area contributed by atoms with E-state index in [0.717, 1.165) is 0 Å². The van der Waals surface area contributed by atoms with Gasteiger partial charge in [-0.25, -0.2) is 10.9 Å². The highest BCUT2D eigenvalue weighted by molar-refractivity contribution is 6.09. The lowest BCUT2D eigenvalue weighted by atomic mass is 10.0. The van der Waals surface area contributed by atoms with Gasteiger partial charge in [0.25, 0.3) is 0 Å². The first-order chi connectivity index (χ1) is 10.5. The maximum absolute atomic E-state index is 11.7. The third-order valence-corrected chi connectivity index (χ3v) is 3.20. The molecule has 2 rings (SSSR count). The summed E-state index contributed by atoms with van der Waals surface area (Å²) in [7, 11) is 1.44. The number of ether oxygens (including phenoxy) is 1. The molecule has 1 unspecified atom stereocenters. The van der Waals surface area contributed by atoms with E-state index in [4.69, 9.17) is 4.74 Å². The lowest BCUT2D eigenvalue weighted by Gasteiger charge is -2.06. The summed E-state index contributed by atoms with van der Waals surface area (Å²) < 4.78 is 4.97. The molecule has 0 radical (unpaired) electrons. The van der Waals surface area contributed by atoms with Gasteiger partial charge in [-0.1, -0.05) is 6.07 Å². The highest BCUT2D eigenvalue weighted by Gasteiger charge is 2.28. The van der Waals surface area contributed by atoms with Gasteiger partial charge >= 0.3 is 0 Å². The number of hydrogen-bond acceptors (Lipinski definition) is 6. The number of nitrogens with zero attached hydrogens (tertiary/aromatic N) is 2. The first-order valence-corrected chi connectivity index (χ1v) is 6.55. The van der Waals surface area contributed by atoms with Crippen molar-refractivity contribution in [2.75, 3.05) is 7.11 Å². The van der Waals surface area contributed by atoms with Gasteiger partial charge in [-0.05, 0) is 19.1 Å². The molecule has 0 saturated heterocycles. The van der Waals surface area contributed by atoms with Crippen LogP contribution in [0.25, 0.3) is 0 Å². The molecule has 0 fully saturated rings. The number of hydrazone groups is 2. The van der Waals surface area contributed by atoms with Crippen LogP contribution in [0.5, 0.6) is 11.5 Å². The summed E-state index contributed by atoms with van der Waals surface area (Å²) in [5, 5.41) is 17.4. The number of phenolic OH excluding ortho intramolecular Hbond substituents is 1. The predicted molar refractivity (Wildman–Crippen MR) is 79.8 cm³/mol. The van der Waals surface area contributed by atoms with Crippen molar-refractivity contribution < 1.29 is 19.4 Å². The molecule has 0 bridgehead atoms. The summed E-state index contributed by atoms with van der Waals surface area (Å²) in [6, 6.07) is 4.91. The number of methoxy groups -OCH3 is 1. The standard InChI is InChI=1S/C14H16N4O4/c1-8-10(14(21)18-16-8)6-12(19)17-15-7-9-4-3-5-11(22-2)13(9)20/h3-5,7,10,20H,6H2,1-2H3,(H,17,19)(H,18,21)/b15-7+. The van der Waals surface area contributed by atoms with Gasteiger partial charge < -0.3 is 9.84 Å². The molecule has 1 heterocycles. The Kier molecular flexibility index (Phi) is 4.72. The second kappa shape index (κ2) is 6.70. The number of nitrogens with one attached hydrogen (secondary N) is 2. The smallest absolute Gasteiger partial charge is 0.249 e. The largest absolute Gasteiger partial charge is 0.504 e. The zero-order valence-corrected chi connectivity index (χ0v) is 12.2. The predicted octanol–water partition coefficient (Wildman–Crippen LogP) is 0.363. The molecular weight excluding hydrogens is 288 g/mol. The van der Waals surface area contributed by atoms with E-state index in [1.165, 1.54) is 13.3 Å². The fourth-order valence-electron chi connectivity index (χ4n) is 1.94. The summed E-state index contributed by atoms with van der Waals surface area (Å²) in [6.45, 7) is 1.67. The van der Waals surface area contributed by atoms with E-state index in [2.05, 4.69) is 21.1 Å². The van der Waals surface area contributed by atoms with E-state index in [1.807, 2.05) is 0 Å². The summed E-state index contributed by atoms with van der Waals surface area (Å²) in [4.78, 5) is 23.2. The van der Waals surface area contributed by atoms with Gasteiger partial charge in [0.15, 0.2) is 11.5 Å². The van der Waals surface area contributed by atoms with E-state index in [1.54, 1.807) is 25.1 Å². The van der Waals surface area contributed by atoms with Crippen LogP contribution in [0.3, 0.4) is 0 Å². The highest BCUT2D eigenvalue weighted by atomic mass is 16.5. The number of phenols is 1. The Hall–Kier alpha value is -2.90. The quantitative estimate of drug-likeness (QED) is 0.538. The molecular formula is C14H16N4O4. The average molecular weight is 304 g/mol. The molecule has 0 spiro atoms. The molecule has 0 aromatic heterocycles. The molecule has 8 nitrogen and oxygen atoms in total. The lowest BCUT2D eigenvalue weighted by Crippen LogP contribution is -2.29. The van der Waals surface area contributed by atoms with Crippen LogP contribution in [-0.2, 0) is 9.59 Å². The van der Waals surface area contributed by atoms with Crippen LogP contribution in [0, 0.1) is 5.92 Å². The monoisotopic (exact) mass is 304 g/mol. The molecule has 1 aliphatic rings. The number of amides is 2. The van der Waals surface area contributed by atoms with E-state index in [0.29, 0.717) is 17.0 Å². The number of rotatable bonds is 5. The molecule has 8 heteroatoms. The Balaban J connectivity index is 1.94. The first-order valence-electron chi connectivity index (χ1n) is 6.55. The first kappa shape index (κ1) is 15.5. The fraction of sp³-hybridized carbons (Fsp3) is 0.286. The fourth-order valence-corrected chi connectivity index (χ4v) is 1.94. The molecule has 3 N–H and O–H groups in total. The number of carbonyl (C=O) groups is 2. The third kappa shape index (κ3) is 3.40. The minimum atomic E-state index is -0.569. The SMILES string of the molecule is COc1cccc(/C=N/NC(=O)CC2C(=O)NN=C2C)c1O. The van der Waals surface area contributed by atoms with Gasteiger partial charge in [-0.2, -0.15) is 10.2 Å².